The second-order valence-corrected chi connectivity index (χ2v) is 7.81. The number of esters is 2. The van der Waals surface area contributed by atoms with Crippen LogP contribution in [-0.4, -0.2) is 60.4 Å². The van der Waals surface area contributed by atoms with Crippen molar-refractivity contribution in [3.63, 3.8) is 0 Å². The van der Waals surface area contributed by atoms with Gasteiger partial charge in [-0.25, -0.2) is 0 Å². The molecule has 134 valence electrons. The van der Waals surface area contributed by atoms with Crippen LogP contribution >= 0.6 is 0 Å². The van der Waals surface area contributed by atoms with Gasteiger partial charge in [0, 0.05) is 26.0 Å². The summed E-state index contributed by atoms with van der Waals surface area (Å²) in [5.41, 5.74) is -0.523. The SMILES string of the molecule is CO[C@@H]1CCCN2[C@@H](CC[C@H]2[C@@H]2C[C@H](C)C(=O)O2)[C@@]12CCC(=O)O2. The molecule has 4 aliphatic heterocycles. The molecule has 0 N–H and O–H groups in total. The van der Waals surface area contributed by atoms with Gasteiger partial charge in [0.2, 0.25) is 0 Å². The number of fused-ring (bicyclic) bond motifs is 2. The standard InChI is InChI=1S/C18H27NO5/c1-11-10-13(23-17(11)21)12-5-6-14-18(8-7-16(20)24-18)15(22-2)4-3-9-19(12)14/h11-15H,3-10H2,1-2H3/t11-,12-,13-,14-,15+,18-/m0/s1. The predicted molar refractivity (Wildman–Crippen MR) is 85.3 cm³/mol. The van der Waals surface area contributed by atoms with Crippen LogP contribution in [0.2, 0.25) is 0 Å². The molecule has 0 aliphatic carbocycles. The third-order valence-electron chi connectivity index (χ3n) is 6.55. The van der Waals surface area contributed by atoms with Gasteiger partial charge >= 0.3 is 11.9 Å². The fraction of sp³-hybridized carbons (Fsp3) is 0.889. The molecular weight excluding hydrogens is 310 g/mol. The monoisotopic (exact) mass is 337 g/mol. The van der Waals surface area contributed by atoms with Gasteiger partial charge in [-0.15, -0.1) is 0 Å². The lowest BCUT2D eigenvalue weighted by Crippen LogP contribution is -2.57. The van der Waals surface area contributed by atoms with Gasteiger partial charge in [-0.3, -0.25) is 14.5 Å². The van der Waals surface area contributed by atoms with Crippen molar-refractivity contribution in [3.8, 4) is 0 Å². The molecule has 24 heavy (non-hydrogen) atoms. The van der Waals surface area contributed by atoms with Gasteiger partial charge in [-0.05, 0) is 38.6 Å². The lowest BCUT2D eigenvalue weighted by atomic mass is 9.83. The first-order chi connectivity index (χ1) is 11.5. The number of hydrogen-bond donors (Lipinski definition) is 0. The van der Waals surface area contributed by atoms with E-state index < -0.39 is 5.60 Å². The minimum Gasteiger partial charge on any atom is -0.460 e. The molecule has 6 heteroatoms. The molecule has 4 rings (SSSR count). The minimum atomic E-state index is -0.523. The van der Waals surface area contributed by atoms with E-state index in [1.807, 2.05) is 6.92 Å². The summed E-state index contributed by atoms with van der Waals surface area (Å²) in [4.78, 5) is 26.2. The Balaban J connectivity index is 1.61. The second-order valence-electron chi connectivity index (χ2n) is 7.81. The number of nitrogens with zero attached hydrogens (tertiary/aromatic N) is 1. The van der Waals surface area contributed by atoms with E-state index in [1.165, 1.54) is 0 Å². The highest BCUT2D eigenvalue weighted by molar-refractivity contribution is 5.74. The maximum absolute atomic E-state index is 11.9. The zero-order valence-electron chi connectivity index (χ0n) is 14.5. The summed E-state index contributed by atoms with van der Waals surface area (Å²) in [5.74, 6) is -0.190. The fourth-order valence-electron chi connectivity index (χ4n) is 5.44. The van der Waals surface area contributed by atoms with Crippen LogP contribution in [0.1, 0.15) is 51.9 Å². The molecule has 0 aromatic heterocycles. The van der Waals surface area contributed by atoms with E-state index in [4.69, 9.17) is 14.2 Å². The summed E-state index contributed by atoms with van der Waals surface area (Å²) in [6.45, 7) is 2.90. The summed E-state index contributed by atoms with van der Waals surface area (Å²) < 4.78 is 17.4. The van der Waals surface area contributed by atoms with Crippen LogP contribution in [0.3, 0.4) is 0 Å². The largest absolute Gasteiger partial charge is 0.460 e. The van der Waals surface area contributed by atoms with Crippen molar-refractivity contribution >= 4 is 11.9 Å². The topological polar surface area (TPSA) is 65.1 Å². The van der Waals surface area contributed by atoms with Crippen molar-refractivity contribution in [2.24, 2.45) is 5.92 Å². The molecule has 0 radical (unpaired) electrons. The molecule has 1 spiro atoms. The number of ether oxygens (including phenoxy) is 3. The van der Waals surface area contributed by atoms with Gasteiger partial charge in [0.25, 0.3) is 0 Å². The third kappa shape index (κ3) is 2.37. The van der Waals surface area contributed by atoms with Crippen molar-refractivity contribution in [2.45, 2.75) is 81.8 Å². The van der Waals surface area contributed by atoms with Crippen LogP contribution in [0.15, 0.2) is 0 Å². The van der Waals surface area contributed by atoms with E-state index in [2.05, 4.69) is 4.90 Å². The maximum Gasteiger partial charge on any atom is 0.309 e. The molecule has 4 aliphatic rings. The van der Waals surface area contributed by atoms with Crippen molar-refractivity contribution < 1.29 is 23.8 Å². The minimum absolute atomic E-state index is 0.00831. The highest BCUT2D eigenvalue weighted by atomic mass is 16.6. The van der Waals surface area contributed by atoms with Gasteiger partial charge < -0.3 is 14.2 Å². The number of cyclic esters (lactones) is 1. The quantitative estimate of drug-likeness (QED) is 0.714. The maximum atomic E-state index is 11.9. The molecule has 4 saturated heterocycles. The Bertz CT molecular complexity index is 538. The first kappa shape index (κ1) is 16.3. The second kappa shape index (κ2) is 5.99. The lowest BCUT2D eigenvalue weighted by Gasteiger charge is -2.42. The van der Waals surface area contributed by atoms with E-state index in [0.29, 0.717) is 6.42 Å². The fourth-order valence-corrected chi connectivity index (χ4v) is 5.44. The normalized spacial score (nSPS) is 46.0. The number of carbonyl (C=O) groups excluding carboxylic acids is 2. The van der Waals surface area contributed by atoms with E-state index in [0.717, 1.165) is 45.1 Å². The molecule has 6 atom stereocenters. The van der Waals surface area contributed by atoms with Crippen LogP contribution in [0, 0.1) is 5.92 Å². The molecule has 0 amide bonds. The number of hydrogen-bond acceptors (Lipinski definition) is 6. The number of methoxy groups -OCH3 is 1. The van der Waals surface area contributed by atoms with Crippen LogP contribution in [-0.2, 0) is 23.8 Å². The van der Waals surface area contributed by atoms with Gasteiger partial charge in [0.1, 0.15) is 6.10 Å². The highest BCUT2D eigenvalue weighted by Gasteiger charge is 2.59. The van der Waals surface area contributed by atoms with Gasteiger partial charge in [-0.1, -0.05) is 6.92 Å². The Labute approximate surface area is 142 Å². The van der Waals surface area contributed by atoms with E-state index >= 15 is 0 Å². The van der Waals surface area contributed by atoms with Crippen molar-refractivity contribution in [1.82, 2.24) is 4.90 Å². The van der Waals surface area contributed by atoms with Crippen LogP contribution in [0.4, 0.5) is 0 Å². The number of carbonyl (C=O) groups is 2. The van der Waals surface area contributed by atoms with Crippen LogP contribution < -0.4 is 0 Å². The van der Waals surface area contributed by atoms with Crippen molar-refractivity contribution in [3.05, 3.63) is 0 Å². The molecule has 0 unspecified atom stereocenters. The Morgan fingerprint density at radius 3 is 2.71 bits per heavy atom. The Hall–Kier alpha value is -1.14. The Morgan fingerprint density at radius 2 is 2.08 bits per heavy atom. The van der Waals surface area contributed by atoms with E-state index in [9.17, 15) is 9.59 Å². The first-order valence-electron chi connectivity index (χ1n) is 9.26. The number of rotatable bonds is 2. The molecule has 0 aromatic rings. The zero-order valence-corrected chi connectivity index (χ0v) is 14.5. The molecule has 0 saturated carbocycles. The van der Waals surface area contributed by atoms with Crippen LogP contribution in [0.25, 0.3) is 0 Å². The smallest absolute Gasteiger partial charge is 0.309 e. The van der Waals surface area contributed by atoms with E-state index in [-0.39, 0.29) is 42.1 Å². The average Bonchev–Trinajstić information content (AvgIpc) is 3.20. The van der Waals surface area contributed by atoms with Crippen LogP contribution in [0.5, 0.6) is 0 Å². The summed E-state index contributed by atoms with van der Waals surface area (Å²) in [6.07, 6.45) is 5.83. The summed E-state index contributed by atoms with van der Waals surface area (Å²) >= 11 is 0. The highest BCUT2D eigenvalue weighted by Crippen LogP contribution is 2.47. The predicted octanol–water partition coefficient (Wildman–Crippen LogP) is 1.66. The zero-order chi connectivity index (χ0) is 16.9. The van der Waals surface area contributed by atoms with E-state index in [1.54, 1.807) is 7.11 Å². The molecule has 4 fully saturated rings. The average molecular weight is 337 g/mol. The molecule has 0 aromatic carbocycles. The van der Waals surface area contributed by atoms with Crippen molar-refractivity contribution in [1.29, 1.82) is 0 Å². The summed E-state index contributed by atoms with van der Waals surface area (Å²) in [5, 5.41) is 0. The molecule has 6 nitrogen and oxygen atoms in total. The summed E-state index contributed by atoms with van der Waals surface area (Å²) in [6, 6.07) is 0.423. The van der Waals surface area contributed by atoms with Gasteiger partial charge in [-0.2, -0.15) is 0 Å². The Kier molecular flexibility index (Phi) is 4.07. The van der Waals surface area contributed by atoms with Gasteiger partial charge in [0.15, 0.2) is 5.60 Å². The lowest BCUT2D eigenvalue weighted by molar-refractivity contribution is -0.171. The molecular formula is C18H27NO5. The molecule has 4 heterocycles. The first-order valence-corrected chi connectivity index (χ1v) is 9.26. The molecule has 0 bridgehead atoms. The van der Waals surface area contributed by atoms with Crippen molar-refractivity contribution in [2.75, 3.05) is 13.7 Å². The van der Waals surface area contributed by atoms with Gasteiger partial charge in [0.05, 0.1) is 18.1 Å². The Morgan fingerprint density at radius 1 is 1.25 bits per heavy atom. The summed E-state index contributed by atoms with van der Waals surface area (Å²) in [7, 11) is 1.72. The third-order valence-corrected chi connectivity index (χ3v) is 6.55.